The second kappa shape index (κ2) is 22.8. The molecule has 1 atom stereocenters. The molecule has 0 aliphatic rings. The molecule has 0 aliphatic heterocycles. The predicted molar refractivity (Wildman–Crippen MR) is 135 cm³/mol. The number of nitrogens with two attached hydrogens (primary N) is 4. The summed E-state index contributed by atoms with van der Waals surface area (Å²) in [5.41, 5.74) is 21.6. The maximum Gasteiger partial charge on any atom is 0.404 e. The lowest BCUT2D eigenvalue weighted by Crippen LogP contribution is -2.48. The van der Waals surface area contributed by atoms with Gasteiger partial charge in [0, 0.05) is 6.54 Å². The Labute approximate surface area is 205 Å². The van der Waals surface area contributed by atoms with E-state index in [2.05, 4.69) is 10.6 Å². The lowest BCUT2D eigenvalue weighted by atomic mass is 10.1. The van der Waals surface area contributed by atoms with Crippen LogP contribution in [0.2, 0.25) is 0 Å². The van der Waals surface area contributed by atoms with Crippen LogP contribution in [0.15, 0.2) is 0 Å². The van der Waals surface area contributed by atoms with Gasteiger partial charge in [-0.3, -0.25) is 9.59 Å². The molecule has 0 bridgehead atoms. The van der Waals surface area contributed by atoms with Crippen LogP contribution in [-0.2, 0) is 14.3 Å². The molecule has 0 spiro atoms. The van der Waals surface area contributed by atoms with Gasteiger partial charge in [0.05, 0.1) is 19.1 Å². The Bertz CT molecular complexity index is 537. The van der Waals surface area contributed by atoms with E-state index in [9.17, 15) is 14.4 Å². The Morgan fingerprint density at radius 3 is 2.03 bits per heavy atom. The number of hydrogen-bond acceptors (Lipinski definition) is 8. The zero-order valence-electron chi connectivity index (χ0n) is 20.9. The molecule has 34 heavy (non-hydrogen) atoms. The Kier molecular flexibility index (Phi) is 21.5. The maximum atomic E-state index is 12.8. The monoisotopic (exact) mass is 487 g/mol. The van der Waals surface area contributed by atoms with Gasteiger partial charge >= 0.3 is 6.09 Å². The molecule has 1 unspecified atom stereocenters. The Balaban J connectivity index is 4.75. The van der Waals surface area contributed by atoms with Crippen LogP contribution < -0.4 is 33.6 Å². The summed E-state index contributed by atoms with van der Waals surface area (Å²) in [6, 6.07) is -0.375. The zero-order valence-corrected chi connectivity index (χ0v) is 20.9. The lowest BCUT2D eigenvalue weighted by molar-refractivity contribution is -0.135. The van der Waals surface area contributed by atoms with Crippen molar-refractivity contribution < 1.29 is 19.1 Å². The van der Waals surface area contributed by atoms with E-state index in [1.807, 2.05) is 0 Å². The molecule has 0 aromatic rings. The van der Waals surface area contributed by atoms with Crippen LogP contribution in [0, 0.1) is 0 Å². The zero-order chi connectivity index (χ0) is 25.4. The summed E-state index contributed by atoms with van der Waals surface area (Å²) in [6.07, 6.45) is 9.17. The van der Waals surface area contributed by atoms with Gasteiger partial charge in [-0.25, -0.2) is 4.79 Å². The molecule has 0 rings (SSSR count). The van der Waals surface area contributed by atoms with Gasteiger partial charge in [0.15, 0.2) is 0 Å². The van der Waals surface area contributed by atoms with Gasteiger partial charge < -0.3 is 43.2 Å². The van der Waals surface area contributed by atoms with Crippen LogP contribution in [0.5, 0.6) is 0 Å². The highest BCUT2D eigenvalue weighted by molar-refractivity contribution is 5.85. The van der Waals surface area contributed by atoms with Crippen LogP contribution in [0.1, 0.15) is 70.6 Å². The van der Waals surface area contributed by atoms with Crippen molar-refractivity contribution >= 4 is 17.9 Å². The number of carbonyl (C=O) groups excluding carboxylic acids is 3. The van der Waals surface area contributed by atoms with E-state index in [4.69, 9.17) is 27.7 Å². The number of unbranched alkanes of at least 4 members (excludes halogenated alkanes) is 7. The van der Waals surface area contributed by atoms with Gasteiger partial charge in [-0.2, -0.15) is 0 Å². The molecule has 0 saturated carbocycles. The van der Waals surface area contributed by atoms with Crippen molar-refractivity contribution in [3.05, 3.63) is 0 Å². The molecule has 0 radical (unpaired) electrons. The second-order valence-corrected chi connectivity index (χ2v) is 8.58. The normalized spacial score (nSPS) is 11.7. The molecule has 0 aromatic carbocycles. The summed E-state index contributed by atoms with van der Waals surface area (Å²) in [5, 5.41) is 6.04. The fourth-order valence-corrected chi connectivity index (χ4v) is 3.51. The Hall–Kier alpha value is -1.95. The van der Waals surface area contributed by atoms with Crippen molar-refractivity contribution in [2.45, 2.75) is 76.7 Å². The number of amides is 3. The standard InChI is InChI=1S/C23H49N7O4/c24-12-6-2-1-3-10-16-30(22(32)17-28-15-9-4-7-13-25)18-21(31)29-20(11-5-8-14-26)19-34-23(27)33/h20,28H,1-19,24-26H2,(H2,27,33)(H,29,31). The molecular weight excluding hydrogens is 438 g/mol. The molecular formula is C23H49N7O4. The van der Waals surface area contributed by atoms with Crippen LogP contribution in [0.4, 0.5) is 4.79 Å². The predicted octanol–water partition coefficient (Wildman–Crippen LogP) is 0.152. The average Bonchev–Trinajstić information content (AvgIpc) is 2.81. The van der Waals surface area contributed by atoms with Crippen LogP contribution in [-0.4, -0.2) is 81.3 Å². The number of ether oxygens (including phenoxy) is 1. The van der Waals surface area contributed by atoms with E-state index in [1.54, 1.807) is 4.90 Å². The van der Waals surface area contributed by atoms with Gasteiger partial charge in [-0.1, -0.05) is 32.1 Å². The summed E-state index contributed by atoms with van der Waals surface area (Å²) in [7, 11) is 0. The summed E-state index contributed by atoms with van der Waals surface area (Å²) < 4.78 is 4.88. The maximum absolute atomic E-state index is 12.8. The fraction of sp³-hybridized carbons (Fsp3) is 0.870. The first-order valence-corrected chi connectivity index (χ1v) is 12.7. The van der Waals surface area contributed by atoms with Crippen molar-refractivity contribution in [2.24, 2.45) is 22.9 Å². The van der Waals surface area contributed by atoms with Crippen molar-refractivity contribution in [2.75, 3.05) is 52.4 Å². The summed E-state index contributed by atoms with van der Waals surface area (Å²) in [4.78, 5) is 38.1. The fourth-order valence-electron chi connectivity index (χ4n) is 3.51. The topological polar surface area (TPSA) is 192 Å². The number of primary amides is 1. The molecule has 0 fully saturated rings. The number of rotatable bonds is 23. The van der Waals surface area contributed by atoms with E-state index < -0.39 is 6.09 Å². The van der Waals surface area contributed by atoms with Crippen molar-refractivity contribution in [1.29, 1.82) is 0 Å². The van der Waals surface area contributed by atoms with E-state index >= 15 is 0 Å². The first kappa shape index (κ1) is 32.0. The highest BCUT2D eigenvalue weighted by atomic mass is 16.5. The highest BCUT2D eigenvalue weighted by Crippen LogP contribution is 2.06. The largest absolute Gasteiger partial charge is 0.448 e. The molecule has 200 valence electrons. The Morgan fingerprint density at radius 2 is 1.38 bits per heavy atom. The van der Waals surface area contributed by atoms with Crippen LogP contribution in [0.25, 0.3) is 0 Å². The van der Waals surface area contributed by atoms with Crippen LogP contribution >= 0.6 is 0 Å². The first-order chi connectivity index (χ1) is 16.4. The Morgan fingerprint density at radius 1 is 0.794 bits per heavy atom. The molecule has 0 saturated heterocycles. The molecule has 11 nitrogen and oxygen atoms in total. The lowest BCUT2D eigenvalue weighted by Gasteiger charge is -2.25. The first-order valence-electron chi connectivity index (χ1n) is 12.7. The third-order valence-corrected chi connectivity index (χ3v) is 5.45. The summed E-state index contributed by atoms with van der Waals surface area (Å²) in [5.74, 6) is -0.394. The third-order valence-electron chi connectivity index (χ3n) is 5.45. The molecule has 0 aliphatic carbocycles. The SMILES string of the molecule is NCCCCCCCN(CC(=O)NC(CCCCN)COC(N)=O)C(=O)CNCCCCCN. The molecule has 11 heteroatoms. The average molecular weight is 488 g/mol. The van der Waals surface area contributed by atoms with Crippen LogP contribution in [0.3, 0.4) is 0 Å². The number of nitrogens with one attached hydrogen (secondary N) is 2. The van der Waals surface area contributed by atoms with Gasteiger partial charge in [0.2, 0.25) is 11.8 Å². The van der Waals surface area contributed by atoms with Crippen molar-refractivity contribution in [1.82, 2.24) is 15.5 Å². The number of nitrogens with zero attached hydrogens (tertiary/aromatic N) is 1. The second-order valence-electron chi connectivity index (χ2n) is 8.58. The number of carbonyl (C=O) groups is 3. The van der Waals surface area contributed by atoms with Gasteiger partial charge in [0.25, 0.3) is 0 Å². The van der Waals surface area contributed by atoms with Gasteiger partial charge in [0.1, 0.15) is 6.61 Å². The van der Waals surface area contributed by atoms with Gasteiger partial charge in [-0.15, -0.1) is 0 Å². The minimum Gasteiger partial charge on any atom is -0.448 e. The number of hydrogen-bond donors (Lipinski definition) is 6. The minimum atomic E-state index is -0.887. The van der Waals surface area contributed by atoms with E-state index in [1.165, 1.54) is 0 Å². The van der Waals surface area contributed by atoms with Gasteiger partial charge in [-0.05, 0) is 64.7 Å². The molecule has 0 heterocycles. The molecule has 3 amide bonds. The smallest absolute Gasteiger partial charge is 0.404 e. The molecule has 0 aromatic heterocycles. The van der Waals surface area contributed by atoms with E-state index in [0.29, 0.717) is 32.6 Å². The quantitative estimate of drug-likeness (QED) is 0.110. The van der Waals surface area contributed by atoms with Crippen molar-refractivity contribution in [3.8, 4) is 0 Å². The summed E-state index contributed by atoms with van der Waals surface area (Å²) in [6.45, 7) is 3.29. The minimum absolute atomic E-state index is 0.00884. The van der Waals surface area contributed by atoms with E-state index in [0.717, 1.165) is 70.8 Å². The highest BCUT2D eigenvalue weighted by Gasteiger charge is 2.20. The van der Waals surface area contributed by atoms with Crippen molar-refractivity contribution in [3.63, 3.8) is 0 Å². The third kappa shape index (κ3) is 19.5. The molecule has 10 N–H and O–H groups in total. The van der Waals surface area contributed by atoms with E-state index in [-0.39, 0.29) is 37.6 Å². The summed E-state index contributed by atoms with van der Waals surface area (Å²) >= 11 is 0.